The van der Waals surface area contributed by atoms with E-state index in [2.05, 4.69) is 161 Å². The van der Waals surface area contributed by atoms with Crippen LogP contribution in [0.3, 0.4) is 0 Å². The van der Waals surface area contributed by atoms with Gasteiger partial charge in [0.05, 0.1) is 26.4 Å². The van der Waals surface area contributed by atoms with E-state index in [4.69, 9.17) is 37.0 Å². The number of rotatable bonds is 73. The van der Waals surface area contributed by atoms with E-state index in [1.807, 2.05) is 0 Å². The maximum atomic E-state index is 13.1. The van der Waals surface area contributed by atoms with Gasteiger partial charge in [-0.25, -0.2) is 9.13 Å². The molecule has 0 rings (SSSR count). The van der Waals surface area contributed by atoms with Crippen LogP contribution in [0.1, 0.15) is 310 Å². The molecule has 5 atom stereocenters. The van der Waals surface area contributed by atoms with Gasteiger partial charge in [0.1, 0.15) is 19.3 Å². The average molecular weight is 1470 g/mol. The number of carbonyl (C=O) groups excluding carboxylic acids is 4. The number of esters is 4. The zero-order chi connectivity index (χ0) is 74.6. The highest BCUT2D eigenvalue weighted by Gasteiger charge is 2.30. The molecule has 0 spiro atoms. The summed E-state index contributed by atoms with van der Waals surface area (Å²) in [5, 5.41) is 10.6. The van der Waals surface area contributed by atoms with Gasteiger partial charge in [-0.05, 0) is 161 Å². The minimum atomic E-state index is -5.00. The molecule has 0 saturated carbocycles. The fourth-order valence-corrected chi connectivity index (χ4v) is 11.7. The Morgan fingerprint density at radius 3 is 0.833 bits per heavy atom. The molecule has 0 aliphatic heterocycles. The topological polar surface area (TPSA) is 237 Å². The maximum Gasteiger partial charge on any atom is 0.472 e. The van der Waals surface area contributed by atoms with Crippen molar-refractivity contribution in [3.8, 4) is 0 Å². The summed E-state index contributed by atoms with van der Waals surface area (Å²) < 4.78 is 68.5. The number of hydrogen-bond donors (Lipinski definition) is 3. The van der Waals surface area contributed by atoms with Crippen molar-refractivity contribution in [1.82, 2.24) is 0 Å². The SMILES string of the molecule is CC/C=C\C/C=C\C/C=C\C/C=C\CCCCCCCCC(=O)OCC(COP(=O)(O)OCC(O)COP(=O)(O)OCC(COC(=O)CCCCCCC/C=C\C/C=C\CCCCC)OC(=O)CCCCCCC/C=C\CCCCCC)OC(=O)CCCC/C=C\C/C=C\C/C=C\C/C=C\CC. The largest absolute Gasteiger partial charge is 0.472 e. The number of carbonyl (C=O) groups is 4. The number of phosphoric acid groups is 2. The number of hydrogen-bond acceptors (Lipinski definition) is 15. The van der Waals surface area contributed by atoms with E-state index in [1.54, 1.807) is 0 Å². The molecule has 0 fully saturated rings. The van der Waals surface area contributed by atoms with Crippen molar-refractivity contribution in [2.24, 2.45) is 0 Å². The molecule has 0 amide bonds. The van der Waals surface area contributed by atoms with Crippen molar-refractivity contribution >= 4 is 39.5 Å². The van der Waals surface area contributed by atoms with Gasteiger partial charge in [-0.2, -0.15) is 0 Å². The minimum absolute atomic E-state index is 0.0356. The van der Waals surface area contributed by atoms with E-state index in [0.717, 1.165) is 180 Å². The highest BCUT2D eigenvalue weighted by Crippen LogP contribution is 2.45. The summed E-state index contributed by atoms with van der Waals surface area (Å²) in [5.74, 6) is -2.26. The molecular weight excluding hydrogens is 1330 g/mol. The molecule has 19 heteroatoms. The third-order valence-corrected chi connectivity index (χ3v) is 18.0. The van der Waals surface area contributed by atoms with Gasteiger partial charge in [0.15, 0.2) is 12.2 Å². The van der Waals surface area contributed by atoms with E-state index in [1.165, 1.54) is 44.9 Å². The van der Waals surface area contributed by atoms with Gasteiger partial charge in [-0.3, -0.25) is 37.3 Å². The Morgan fingerprint density at radius 1 is 0.284 bits per heavy atom. The van der Waals surface area contributed by atoms with Crippen LogP contribution < -0.4 is 0 Å². The van der Waals surface area contributed by atoms with E-state index in [0.29, 0.717) is 32.1 Å². The Morgan fingerprint density at radius 2 is 0.510 bits per heavy atom. The van der Waals surface area contributed by atoms with Crippen LogP contribution in [0.2, 0.25) is 0 Å². The first-order valence-corrected chi connectivity index (χ1v) is 42.4. The Balaban J connectivity index is 5.41. The van der Waals surface area contributed by atoms with Gasteiger partial charge in [0, 0.05) is 25.7 Å². The lowest BCUT2D eigenvalue weighted by atomic mass is 10.1. The second-order valence-corrected chi connectivity index (χ2v) is 28.8. The van der Waals surface area contributed by atoms with Crippen LogP contribution in [0.25, 0.3) is 0 Å². The van der Waals surface area contributed by atoms with Crippen LogP contribution in [-0.4, -0.2) is 96.7 Å². The predicted molar refractivity (Wildman–Crippen MR) is 418 cm³/mol. The highest BCUT2D eigenvalue weighted by molar-refractivity contribution is 7.47. The third-order valence-electron chi connectivity index (χ3n) is 16.1. The van der Waals surface area contributed by atoms with E-state index >= 15 is 0 Å². The first-order valence-electron chi connectivity index (χ1n) is 39.4. The fraction of sp³-hybridized carbons (Fsp3) is 0.687. The Bertz CT molecular complexity index is 2460. The molecule has 0 heterocycles. The molecule has 584 valence electrons. The summed E-state index contributed by atoms with van der Waals surface area (Å²) in [4.78, 5) is 73.0. The molecule has 0 aromatic carbocycles. The van der Waals surface area contributed by atoms with Crippen molar-refractivity contribution in [3.05, 3.63) is 134 Å². The number of aliphatic hydroxyl groups excluding tert-OH is 1. The van der Waals surface area contributed by atoms with Gasteiger partial charge in [0.25, 0.3) is 0 Å². The molecule has 3 N–H and O–H groups in total. The smallest absolute Gasteiger partial charge is 0.462 e. The zero-order valence-electron chi connectivity index (χ0n) is 63.7. The Labute approximate surface area is 618 Å². The van der Waals surface area contributed by atoms with Gasteiger partial charge in [-0.1, -0.05) is 258 Å². The molecule has 0 aromatic heterocycles. The first kappa shape index (κ1) is 97.2. The molecule has 0 radical (unpaired) electrons. The summed E-state index contributed by atoms with van der Waals surface area (Å²) in [6, 6.07) is 0. The van der Waals surface area contributed by atoms with Crippen molar-refractivity contribution in [3.63, 3.8) is 0 Å². The Hall–Kier alpha value is -4.80. The molecule has 0 saturated heterocycles. The third kappa shape index (κ3) is 73.5. The molecule has 0 aliphatic carbocycles. The molecule has 5 unspecified atom stereocenters. The van der Waals surface area contributed by atoms with Gasteiger partial charge in [0.2, 0.25) is 0 Å². The predicted octanol–water partition coefficient (Wildman–Crippen LogP) is 22.9. The second kappa shape index (κ2) is 74.5. The number of aliphatic hydroxyl groups is 1. The van der Waals surface area contributed by atoms with Gasteiger partial charge in [-0.15, -0.1) is 0 Å². The highest BCUT2D eigenvalue weighted by atomic mass is 31.2. The van der Waals surface area contributed by atoms with Crippen molar-refractivity contribution in [2.45, 2.75) is 329 Å². The summed E-state index contributed by atoms with van der Waals surface area (Å²) >= 11 is 0. The fourth-order valence-electron chi connectivity index (χ4n) is 10.1. The molecule has 0 bridgehead atoms. The van der Waals surface area contributed by atoms with Gasteiger partial charge >= 0.3 is 39.5 Å². The van der Waals surface area contributed by atoms with E-state index in [9.17, 15) is 43.2 Å². The number of ether oxygens (including phenoxy) is 4. The zero-order valence-corrected chi connectivity index (χ0v) is 65.5. The van der Waals surface area contributed by atoms with Crippen LogP contribution in [0.4, 0.5) is 0 Å². The van der Waals surface area contributed by atoms with E-state index in [-0.39, 0.29) is 25.7 Å². The monoisotopic (exact) mass is 1470 g/mol. The average Bonchev–Trinajstić information content (AvgIpc) is 0.924. The number of unbranched alkanes of at least 4 members (excludes halogenated alkanes) is 25. The van der Waals surface area contributed by atoms with Crippen LogP contribution in [0.5, 0.6) is 0 Å². The number of allylic oxidation sites excluding steroid dienone is 22. The summed E-state index contributed by atoms with van der Waals surface area (Å²) in [5.41, 5.74) is 0. The minimum Gasteiger partial charge on any atom is -0.462 e. The molecule has 17 nitrogen and oxygen atoms in total. The van der Waals surface area contributed by atoms with Crippen molar-refractivity contribution in [2.75, 3.05) is 39.6 Å². The molecular formula is C83H140O17P2. The molecule has 102 heavy (non-hydrogen) atoms. The maximum absolute atomic E-state index is 13.1. The van der Waals surface area contributed by atoms with Gasteiger partial charge < -0.3 is 33.8 Å². The standard InChI is InChI=1S/C83H140O17P2/c1-5-9-13-17-21-25-29-33-36-37-38-39-42-45-48-52-56-60-64-68-81(86)94-74-79(100-83(88)70-66-62-58-54-50-46-41-35-31-27-23-19-15-11-7-3)76-98-102(91,92)96-72-77(84)71-95-101(89,90)97-75-78(99-82(87)69-65-61-57-53-49-43-32-28-24-20-16-12-8-4)73-93-80(85)67-63-59-55-51-47-44-40-34-30-26-22-18-14-10-6-2/h9,11,13,15,21-23,25-28,32-36,38-41,50,54,77-79,84H,5-8,10,12,14,16-20,24,29-31,37,42-49,51-53,55-76H2,1-4H3,(H,89,90)(H,91,92)/b13-9-,15-11-,25-21-,26-22-,27-23-,32-28-,36-33-,39-38-,40-34-,41-35-,54-50-. The summed E-state index contributed by atoms with van der Waals surface area (Å²) in [7, 11) is -9.98. The summed E-state index contributed by atoms with van der Waals surface area (Å²) in [6.07, 6.45) is 82.9. The lowest BCUT2D eigenvalue weighted by Crippen LogP contribution is -2.30. The lowest BCUT2D eigenvalue weighted by Gasteiger charge is -2.21. The quantitative estimate of drug-likeness (QED) is 0.0169. The second-order valence-electron chi connectivity index (χ2n) is 25.9. The van der Waals surface area contributed by atoms with Crippen molar-refractivity contribution < 1.29 is 80.2 Å². The first-order chi connectivity index (χ1) is 49.7. The van der Waals surface area contributed by atoms with Crippen LogP contribution >= 0.6 is 15.6 Å². The molecule has 0 aromatic rings. The van der Waals surface area contributed by atoms with E-state index < -0.39 is 97.5 Å². The molecule has 0 aliphatic rings. The van der Waals surface area contributed by atoms with Crippen molar-refractivity contribution in [1.29, 1.82) is 0 Å². The van der Waals surface area contributed by atoms with Crippen LogP contribution in [-0.2, 0) is 65.4 Å². The number of phosphoric ester groups is 2. The van der Waals surface area contributed by atoms with Crippen LogP contribution in [0, 0.1) is 0 Å². The van der Waals surface area contributed by atoms with Crippen LogP contribution in [0.15, 0.2) is 134 Å². The normalized spacial score (nSPS) is 14.6. The Kier molecular flexibility index (Phi) is 71.0. The lowest BCUT2D eigenvalue weighted by molar-refractivity contribution is -0.161. The summed E-state index contributed by atoms with van der Waals surface area (Å²) in [6.45, 7) is 4.52.